The van der Waals surface area contributed by atoms with E-state index in [2.05, 4.69) is 10.6 Å². The van der Waals surface area contributed by atoms with E-state index in [0.29, 0.717) is 36.6 Å². The van der Waals surface area contributed by atoms with Crippen molar-refractivity contribution in [3.63, 3.8) is 0 Å². The van der Waals surface area contributed by atoms with E-state index in [-0.39, 0.29) is 18.2 Å². The fraction of sp³-hybridized carbons (Fsp3) is 0.250. The van der Waals surface area contributed by atoms with E-state index in [4.69, 9.17) is 9.84 Å². The molecule has 0 aliphatic carbocycles. The minimum atomic E-state index is -0.847. The van der Waals surface area contributed by atoms with Gasteiger partial charge in [-0.15, -0.1) is 0 Å². The van der Waals surface area contributed by atoms with Crippen molar-refractivity contribution in [3.8, 4) is 5.75 Å². The maximum Gasteiger partial charge on any atom is 0.303 e. The van der Waals surface area contributed by atoms with Crippen LogP contribution in [0.15, 0.2) is 48.5 Å². The summed E-state index contributed by atoms with van der Waals surface area (Å²) in [4.78, 5) is 33.6. The number of benzene rings is 2. The number of anilines is 1. The average Bonchev–Trinajstić information content (AvgIpc) is 2.65. The topological polar surface area (TPSA) is 105 Å². The van der Waals surface area contributed by atoms with Crippen LogP contribution in [0.2, 0.25) is 0 Å². The van der Waals surface area contributed by atoms with E-state index in [0.717, 1.165) is 5.56 Å². The summed E-state index contributed by atoms with van der Waals surface area (Å²) >= 11 is 0. The molecule has 0 heterocycles. The summed E-state index contributed by atoms with van der Waals surface area (Å²) in [6.07, 6.45) is 0.503. The molecule has 0 atom stereocenters. The standard InChI is InChI=1S/C20H22N2O5/c1-14(23)21-13-15-4-6-16(7-5-15)20(26)22-17-8-10-18(11-9-17)27-12-2-3-19(24)25/h4-11H,2-3,12-13H2,1H3,(H,21,23)(H,22,26)(H,24,25). The fourth-order valence-corrected chi connectivity index (χ4v) is 2.25. The van der Waals surface area contributed by atoms with Crippen LogP contribution in [0.25, 0.3) is 0 Å². The van der Waals surface area contributed by atoms with Gasteiger partial charge in [-0.05, 0) is 48.4 Å². The van der Waals surface area contributed by atoms with Gasteiger partial charge in [-0.3, -0.25) is 14.4 Å². The molecule has 0 aliphatic heterocycles. The smallest absolute Gasteiger partial charge is 0.303 e. The number of aliphatic carboxylic acids is 1. The molecule has 0 aromatic heterocycles. The first-order valence-corrected chi connectivity index (χ1v) is 8.53. The summed E-state index contributed by atoms with van der Waals surface area (Å²) in [6, 6.07) is 13.8. The van der Waals surface area contributed by atoms with E-state index >= 15 is 0 Å². The molecule has 0 spiro atoms. The molecule has 3 N–H and O–H groups in total. The molecule has 0 saturated carbocycles. The summed E-state index contributed by atoms with van der Waals surface area (Å²) < 4.78 is 5.45. The number of carbonyl (C=O) groups is 3. The lowest BCUT2D eigenvalue weighted by Crippen LogP contribution is -2.19. The zero-order valence-electron chi connectivity index (χ0n) is 15.0. The van der Waals surface area contributed by atoms with Gasteiger partial charge < -0.3 is 20.5 Å². The second-order valence-corrected chi connectivity index (χ2v) is 5.93. The second kappa shape index (κ2) is 9.96. The van der Waals surface area contributed by atoms with E-state index in [1.54, 1.807) is 48.5 Å². The van der Waals surface area contributed by atoms with Crippen LogP contribution >= 0.6 is 0 Å². The minimum Gasteiger partial charge on any atom is -0.494 e. The summed E-state index contributed by atoms with van der Waals surface area (Å²) in [7, 11) is 0. The van der Waals surface area contributed by atoms with Gasteiger partial charge in [0, 0.05) is 31.1 Å². The number of hydrogen-bond donors (Lipinski definition) is 3. The van der Waals surface area contributed by atoms with Crippen molar-refractivity contribution in [1.82, 2.24) is 5.32 Å². The molecular formula is C20H22N2O5. The lowest BCUT2D eigenvalue weighted by Gasteiger charge is -2.09. The first kappa shape index (κ1) is 20.0. The van der Waals surface area contributed by atoms with E-state index in [9.17, 15) is 14.4 Å². The molecule has 2 aromatic rings. The van der Waals surface area contributed by atoms with Gasteiger partial charge in [0.25, 0.3) is 5.91 Å². The molecule has 7 nitrogen and oxygen atoms in total. The normalized spacial score (nSPS) is 10.1. The highest BCUT2D eigenvalue weighted by molar-refractivity contribution is 6.04. The predicted molar refractivity (Wildman–Crippen MR) is 101 cm³/mol. The molecule has 0 radical (unpaired) electrons. The number of carboxylic acid groups (broad SMARTS) is 1. The largest absolute Gasteiger partial charge is 0.494 e. The SMILES string of the molecule is CC(=O)NCc1ccc(C(=O)Nc2ccc(OCCCC(=O)O)cc2)cc1. The fourth-order valence-electron chi connectivity index (χ4n) is 2.25. The van der Waals surface area contributed by atoms with Gasteiger partial charge in [0.1, 0.15) is 5.75 Å². The van der Waals surface area contributed by atoms with Gasteiger partial charge in [0.15, 0.2) is 0 Å². The van der Waals surface area contributed by atoms with Crippen molar-refractivity contribution in [2.75, 3.05) is 11.9 Å². The Balaban J connectivity index is 1.84. The van der Waals surface area contributed by atoms with Crippen LogP contribution in [0, 0.1) is 0 Å². The molecule has 0 bridgehead atoms. The van der Waals surface area contributed by atoms with E-state index in [1.165, 1.54) is 6.92 Å². The van der Waals surface area contributed by atoms with E-state index < -0.39 is 5.97 Å². The lowest BCUT2D eigenvalue weighted by atomic mass is 10.1. The average molecular weight is 370 g/mol. The molecule has 0 saturated heterocycles. The molecule has 0 unspecified atom stereocenters. The third-order valence-electron chi connectivity index (χ3n) is 3.67. The Labute approximate surface area is 157 Å². The third-order valence-corrected chi connectivity index (χ3v) is 3.67. The quantitative estimate of drug-likeness (QED) is 0.589. The van der Waals surface area contributed by atoms with Crippen LogP contribution in [0.5, 0.6) is 5.75 Å². The zero-order chi connectivity index (χ0) is 19.6. The van der Waals surface area contributed by atoms with Crippen LogP contribution in [-0.2, 0) is 16.1 Å². The monoisotopic (exact) mass is 370 g/mol. The van der Waals surface area contributed by atoms with Crippen molar-refractivity contribution in [1.29, 1.82) is 0 Å². The Bertz CT molecular complexity index is 785. The Morgan fingerprint density at radius 2 is 1.67 bits per heavy atom. The van der Waals surface area contributed by atoms with Gasteiger partial charge in [-0.25, -0.2) is 0 Å². The number of ether oxygens (including phenoxy) is 1. The van der Waals surface area contributed by atoms with Crippen LogP contribution in [-0.4, -0.2) is 29.5 Å². The molecule has 2 aromatic carbocycles. The number of carboxylic acids is 1. The molecule has 2 rings (SSSR count). The molecular weight excluding hydrogens is 348 g/mol. The number of rotatable bonds is 9. The van der Waals surface area contributed by atoms with Gasteiger partial charge in [-0.1, -0.05) is 12.1 Å². The third kappa shape index (κ3) is 7.19. The van der Waals surface area contributed by atoms with Gasteiger partial charge in [0.2, 0.25) is 5.91 Å². The summed E-state index contributed by atoms with van der Waals surface area (Å²) in [6.45, 7) is 2.20. The van der Waals surface area contributed by atoms with Crippen molar-refractivity contribution in [2.24, 2.45) is 0 Å². The van der Waals surface area contributed by atoms with Crippen molar-refractivity contribution in [3.05, 3.63) is 59.7 Å². The number of hydrogen-bond acceptors (Lipinski definition) is 4. The second-order valence-electron chi connectivity index (χ2n) is 5.93. The maximum absolute atomic E-state index is 12.3. The molecule has 142 valence electrons. The highest BCUT2D eigenvalue weighted by Crippen LogP contribution is 2.17. The van der Waals surface area contributed by atoms with Crippen molar-refractivity contribution in [2.45, 2.75) is 26.3 Å². The van der Waals surface area contributed by atoms with Crippen LogP contribution < -0.4 is 15.4 Å². The van der Waals surface area contributed by atoms with Crippen LogP contribution in [0.4, 0.5) is 5.69 Å². The Hall–Kier alpha value is -3.35. The van der Waals surface area contributed by atoms with Gasteiger partial charge in [0.05, 0.1) is 6.61 Å². The summed E-state index contributed by atoms with van der Waals surface area (Å²) in [5.41, 5.74) is 2.04. The first-order valence-electron chi connectivity index (χ1n) is 8.53. The van der Waals surface area contributed by atoms with Gasteiger partial charge >= 0.3 is 5.97 Å². The minimum absolute atomic E-state index is 0.0672. The summed E-state index contributed by atoms with van der Waals surface area (Å²) in [5, 5.41) is 14.1. The molecule has 27 heavy (non-hydrogen) atoms. The predicted octanol–water partition coefficient (Wildman–Crippen LogP) is 2.82. The maximum atomic E-state index is 12.3. The zero-order valence-corrected chi connectivity index (χ0v) is 15.0. The number of nitrogens with one attached hydrogen (secondary N) is 2. The molecule has 7 heteroatoms. The Kier molecular flexibility index (Phi) is 7.37. The van der Waals surface area contributed by atoms with Crippen LogP contribution in [0.1, 0.15) is 35.7 Å². The lowest BCUT2D eigenvalue weighted by molar-refractivity contribution is -0.137. The first-order chi connectivity index (χ1) is 12.9. The molecule has 0 aliphatic rings. The number of amides is 2. The van der Waals surface area contributed by atoms with Crippen LogP contribution in [0.3, 0.4) is 0 Å². The number of carbonyl (C=O) groups excluding carboxylic acids is 2. The van der Waals surface area contributed by atoms with Crippen molar-refractivity contribution >= 4 is 23.5 Å². The molecule has 0 fully saturated rings. The molecule has 2 amide bonds. The Morgan fingerprint density at radius 1 is 1.00 bits per heavy atom. The Morgan fingerprint density at radius 3 is 2.26 bits per heavy atom. The van der Waals surface area contributed by atoms with E-state index in [1.807, 2.05) is 0 Å². The highest BCUT2D eigenvalue weighted by atomic mass is 16.5. The van der Waals surface area contributed by atoms with Crippen molar-refractivity contribution < 1.29 is 24.2 Å². The highest BCUT2D eigenvalue weighted by Gasteiger charge is 2.07. The van der Waals surface area contributed by atoms with Gasteiger partial charge in [-0.2, -0.15) is 0 Å². The summed E-state index contributed by atoms with van der Waals surface area (Å²) in [5.74, 6) is -0.581.